The third kappa shape index (κ3) is 5.34. The molecule has 0 aliphatic carbocycles. The lowest BCUT2D eigenvalue weighted by Gasteiger charge is -2.15. The predicted molar refractivity (Wildman–Crippen MR) is 94.5 cm³/mol. The molecule has 3 nitrogen and oxygen atoms in total. The van der Waals surface area contributed by atoms with Crippen LogP contribution in [-0.4, -0.2) is 32.1 Å². The van der Waals surface area contributed by atoms with Gasteiger partial charge in [0.05, 0.1) is 9.83 Å². The number of thiophene rings is 1. The Morgan fingerprint density at radius 1 is 1.19 bits per heavy atom. The summed E-state index contributed by atoms with van der Waals surface area (Å²) in [5.41, 5.74) is 1.10. The quantitative estimate of drug-likeness (QED) is 0.771. The van der Waals surface area contributed by atoms with Crippen molar-refractivity contribution in [2.75, 3.05) is 32.6 Å². The van der Waals surface area contributed by atoms with Crippen LogP contribution in [0.5, 0.6) is 5.75 Å². The van der Waals surface area contributed by atoms with Gasteiger partial charge in [0.25, 0.3) is 0 Å². The van der Waals surface area contributed by atoms with E-state index in [0.29, 0.717) is 12.6 Å². The molecule has 0 radical (unpaired) electrons. The fraction of sp³-hybridized carbons (Fsp3) is 0.375. The second kappa shape index (κ2) is 7.82. The van der Waals surface area contributed by atoms with Gasteiger partial charge in [0.15, 0.2) is 0 Å². The number of hydrogen-bond donors (Lipinski definition) is 1. The summed E-state index contributed by atoms with van der Waals surface area (Å²) in [7, 11) is 4.08. The van der Waals surface area contributed by atoms with E-state index >= 15 is 0 Å². The zero-order valence-electron chi connectivity index (χ0n) is 12.6. The summed E-state index contributed by atoms with van der Waals surface area (Å²) in [6, 6.07) is 12.7. The number of nitrogens with zero attached hydrogens (tertiary/aromatic N) is 1. The van der Waals surface area contributed by atoms with Crippen LogP contribution in [0.4, 0.5) is 5.69 Å². The lowest BCUT2D eigenvalue weighted by Crippen LogP contribution is -2.19. The Hall–Kier alpha value is -1.04. The number of anilines is 1. The van der Waals surface area contributed by atoms with E-state index in [-0.39, 0.29) is 0 Å². The van der Waals surface area contributed by atoms with E-state index in [4.69, 9.17) is 4.74 Å². The molecule has 0 saturated carbocycles. The summed E-state index contributed by atoms with van der Waals surface area (Å²) >= 11 is 5.26. The number of rotatable bonds is 7. The van der Waals surface area contributed by atoms with Crippen molar-refractivity contribution in [1.29, 1.82) is 0 Å². The van der Waals surface area contributed by atoms with Crippen LogP contribution in [-0.2, 0) is 0 Å². The number of hydrogen-bond acceptors (Lipinski definition) is 4. The first-order valence-corrected chi connectivity index (χ1v) is 8.55. The minimum Gasteiger partial charge on any atom is -0.492 e. The average molecular weight is 369 g/mol. The Morgan fingerprint density at radius 3 is 2.48 bits per heavy atom. The molecule has 0 aliphatic rings. The maximum atomic E-state index is 5.69. The first-order chi connectivity index (χ1) is 10.0. The van der Waals surface area contributed by atoms with Crippen LogP contribution < -0.4 is 10.1 Å². The Morgan fingerprint density at radius 2 is 1.90 bits per heavy atom. The Bertz CT molecular complexity index is 554. The monoisotopic (exact) mass is 368 g/mol. The molecule has 0 fully saturated rings. The van der Waals surface area contributed by atoms with Crippen LogP contribution in [0.25, 0.3) is 0 Å². The Labute approximate surface area is 139 Å². The van der Waals surface area contributed by atoms with E-state index in [0.717, 1.165) is 21.8 Å². The molecule has 0 amide bonds. The van der Waals surface area contributed by atoms with E-state index in [2.05, 4.69) is 57.3 Å². The molecule has 1 aromatic carbocycles. The molecule has 1 unspecified atom stereocenters. The summed E-state index contributed by atoms with van der Waals surface area (Å²) in [5.74, 6) is 0.911. The summed E-state index contributed by atoms with van der Waals surface area (Å²) in [5, 5.41) is 3.50. The molecule has 1 N–H and O–H groups in total. The molecule has 0 aliphatic heterocycles. The van der Waals surface area contributed by atoms with E-state index in [1.807, 2.05) is 26.2 Å². The molecule has 0 bridgehead atoms. The van der Waals surface area contributed by atoms with Crippen LogP contribution in [0.3, 0.4) is 0 Å². The Kier molecular flexibility index (Phi) is 6.08. The fourth-order valence-corrected chi connectivity index (χ4v) is 3.30. The second-order valence-electron chi connectivity index (χ2n) is 5.18. The Balaban J connectivity index is 1.87. The molecule has 2 aromatic rings. The molecule has 5 heteroatoms. The largest absolute Gasteiger partial charge is 0.492 e. The smallest absolute Gasteiger partial charge is 0.119 e. The van der Waals surface area contributed by atoms with Gasteiger partial charge in [0, 0.05) is 17.1 Å². The standard InChI is InChI=1S/C16H21BrN2OS/c1-12(15-8-9-16(17)21-15)18-13-4-6-14(7-5-13)20-11-10-19(2)3/h4-9,12,18H,10-11H2,1-3H3. The number of halogens is 1. The highest BCUT2D eigenvalue weighted by molar-refractivity contribution is 9.11. The SMILES string of the molecule is CC(Nc1ccc(OCCN(C)C)cc1)c1ccc(Br)s1. The second-order valence-corrected chi connectivity index (χ2v) is 7.68. The first kappa shape index (κ1) is 16.3. The van der Waals surface area contributed by atoms with Crippen molar-refractivity contribution in [3.63, 3.8) is 0 Å². The van der Waals surface area contributed by atoms with Gasteiger partial charge in [0.2, 0.25) is 0 Å². The third-order valence-corrected chi connectivity index (χ3v) is 4.87. The van der Waals surface area contributed by atoms with E-state index in [1.165, 1.54) is 4.88 Å². The molecule has 1 atom stereocenters. The maximum absolute atomic E-state index is 5.69. The van der Waals surface area contributed by atoms with Crippen LogP contribution in [0, 0.1) is 0 Å². The maximum Gasteiger partial charge on any atom is 0.119 e. The molecule has 2 rings (SSSR count). The van der Waals surface area contributed by atoms with Gasteiger partial charge >= 0.3 is 0 Å². The summed E-state index contributed by atoms with van der Waals surface area (Å²) < 4.78 is 6.85. The van der Waals surface area contributed by atoms with Crippen molar-refractivity contribution in [2.24, 2.45) is 0 Å². The number of likely N-dealkylation sites (N-methyl/N-ethyl adjacent to an activating group) is 1. The van der Waals surface area contributed by atoms with Crippen molar-refractivity contribution in [3.05, 3.63) is 45.1 Å². The van der Waals surface area contributed by atoms with Crippen LogP contribution in [0.1, 0.15) is 17.8 Å². The number of ether oxygens (including phenoxy) is 1. The highest BCUT2D eigenvalue weighted by atomic mass is 79.9. The van der Waals surface area contributed by atoms with Gasteiger partial charge in [-0.2, -0.15) is 0 Å². The molecule has 21 heavy (non-hydrogen) atoms. The first-order valence-electron chi connectivity index (χ1n) is 6.94. The number of nitrogens with one attached hydrogen (secondary N) is 1. The van der Waals surface area contributed by atoms with Crippen molar-refractivity contribution < 1.29 is 4.74 Å². The minimum absolute atomic E-state index is 0.293. The fourth-order valence-electron chi connectivity index (χ4n) is 1.88. The zero-order chi connectivity index (χ0) is 15.2. The van der Waals surface area contributed by atoms with Crippen molar-refractivity contribution in [1.82, 2.24) is 4.90 Å². The highest BCUT2D eigenvalue weighted by Crippen LogP contribution is 2.29. The van der Waals surface area contributed by atoms with Gasteiger partial charge in [-0.25, -0.2) is 0 Å². The molecule has 1 heterocycles. The summed E-state index contributed by atoms with van der Waals surface area (Å²) in [6.45, 7) is 3.80. The van der Waals surface area contributed by atoms with Gasteiger partial charge in [-0.05, 0) is 73.3 Å². The number of benzene rings is 1. The van der Waals surface area contributed by atoms with Gasteiger partial charge in [0.1, 0.15) is 12.4 Å². The van der Waals surface area contributed by atoms with E-state index < -0.39 is 0 Å². The molecular formula is C16H21BrN2OS. The summed E-state index contributed by atoms with van der Waals surface area (Å²) in [6.07, 6.45) is 0. The van der Waals surface area contributed by atoms with Gasteiger partial charge in [-0.1, -0.05) is 0 Å². The van der Waals surface area contributed by atoms with Crippen molar-refractivity contribution >= 4 is 33.0 Å². The van der Waals surface area contributed by atoms with Gasteiger partial charge in [-0.15, -0.1) is 11.3 Å². The van der Waals surface area contributed by atoms with Crippen LogP contribution in [0.15, 0.2) is 40.2 Å². The van der Waals surface area contributed by atoms with Crippen LogP contribution in [0.2, 0.25) is 0 Å². The molecule has 0 saturated heterocycles. The van der Waals surface area contributed by atoms with Gasteiger partial charge < -0.3 is 15.0 Å². The highest BCUT2D eigenvalue weighted by Gasteiger charge is 2.08. The normalized spacial score (nSPS) is 12.4. The van der Waals surface area contributed by atoms with Crippen LogP contribution >= 0.6 is 27.3 Å². The van der Waals surface area contributed by atoms with Crippen molar-refractivity contribution in [2.45, 2.75) is 13.0 Å². The molecular weight excluding hydrogens is 348 g/mol. The zero-order valence-corrected chi connectivity index (χ0v) is 15.0. The van der Waals surface area contributed by atoms with Gasteiger partial charge in [-0.3, -0.25) is 0 Å². The third-order valence-electron chi connectivity index (χ3n) is 3.07. The lowest BCUT2D eigenvalue weighted by atomic mass is 10.2. The van der Waals surface area contributed by atoms with E-state index in [9.17, 15) is 0 Å². The topological polar surface area (TPSA) is 24.5 Å². The van der Waals surface area contributed by atoms with E-state index in [1.54, 1.807) is 11.3 Å². The summed E-state index contributed by atoms with van der Waals surface area (Å²) in [4.78, 5) is 3.42. The average Bonchev–Trinajstić information content (AvgIpc) is 2.87. The van der Waals surface area contributed by atoms with Crippen molar-refractivity contribution in [3.8, 4) is 5.75 Å². The molecule has 0 spiro atoms. The molecule has 1 aromatic heterocycles. The lowest BCUT2D eigenvalue weighted by molar-refractivity contribution is 0.261. The molecule has 114 valence electrons. The predicted octanol–water partition coefficient (Wildman–Crippen LogP) is 4.62. The minimum atomic E-state index is 0.293.